The van der Waals surface area contributed by atoms with E-state index in [0.29, 0.717) is 10.7 Å². The van der Waals surface area contributed by atoms with Crippen molar-refractivity contribution in [3.8, 4) is 5.69 Å². The molecule has 1 aromatic carbocycles. The summed E-state index contributed by atoms with van der Waals surface area (Å²) in [5.74, 6) is 0.353. The molecule has 0 aliphatic heterocycles. The molecule has 0 aliphatic carbocycles. The van der Waals surface area contributed by atoms with Gasteiger partial charge in [0.15, 0.2) is 0 Å². The fourth-order valence-electron chi connectivity index (χ4n) is 1.34. The largest absolute Gasteiger partial charge is 0.368 e. The van der Waals surface area contributed by atoms with Crippen LogP contribution in [0.5, 0.6) is 0 Å². The highest BCUT2D eigenvalue weighted by Crippen LogP contribution is 2.24. The fraction of sp³-hybridized carbons (Fsp3) is 0.111. The highest BCUT2D eigenvalue weighted by Gasteiger charge is 2.08. The van der Waals surface area contributed by atoms with E-state index in [2.05, 4.69) is 26.1 Å². The van der Waals surface area contributed by atoms with E-state index in [1.54, 1.807) is 4.57 Å². The molecule has 0 aliphatic rings. The van der Waals surface area contributed by atoms with Crippen LogP contribution >= 0.6 is 28.1 Å². The molecule has 0 fully saturated rings. The zero-order valence-electron chi connectivity index (χ0n) is 7.99. The molecule has 0 saturated carbocycles. The molecule has 0 bridgehead atoms. The molecule has 2 aromatic rings. The summed E-state index contributed by atoms with van der Waals surface area (Å²) < 4.78 is 3.10. The van der Waals surface area contributed by atoms with Gasteiger partial charge >= 0.3 is 0 Å². The molecule has 0 amide bonds. The maximum Gasteiger partial charge on any atom is 0.225 e. The van der Waals surface area contributed by atoms with Gasteiger partial charge in [0, 0.05) is 4.47 Å². The van der Waals surface area contributed by atoms with Crippen LogP contribution in [0.2, 0.25) is 0 Å². The number of nitrogens with one attached hydrogen (secondary N) is 1. The number of nitrogens with zero attached hydrogens (tertiary/aromatic N) is 2. The monoisotopic (exact) mass is 284 g/mol. The standard InChI is InChI=1S/C9H9BrN4S/c1-5-2-3-6(10)7(4-5)14-8(11)12-13-9(14)15/h2-4H,1H3,(H2,11,12)(H,13,15). The second-order valence-electron chi connectivity index (χ2n) is 3.18. The first-order valence-electron chi connectivity index (χ1n) is 4.29. The van der Waals surface area contributed by atoms with Crippen molar-refractivity contribution >= 4 is 34.1 Å². The van der Waals surface area contributed by atoms with Crippen LogP contribution in [-0.4, -0.2) is 14.8 Å². The average molecular weight is 285 g/mol. The quantitative estimate of drug-likeness (QED) is 0.792. The number of nitrogen functional groups attached to an aromatic ring is 1. The van der Waals surface area contributed by atoms with Crippen molar-refractivity contribution in [1.82, 2.24) is 14.8 Å². The lowest BCUT2D eigenvalue weighted by Crippen LogP contribution is -2.01. The summed E-state index contributed by atoms with van der Waals surface area (Å²) in [6.07, 6.45) is 0. The molecule has 0 atom stereocenters. The zero-order valence-corrected chi connectivity index (χ0v) is 10.4. The van der Waals surface area contributed by atoms with Gasteiger partial charge in [0.25, 0.3) is 0 Å². The number of anilines is 1. The number of hydrogen-bond acceptors (Lipinski definition) is 3. The van der Waals surface area contributed by atoms with Gasteiger partial charge < -0.3 is 5.73 Å². The van der Waals surface area contributed by atoms with Gasteiger partial charge in [-0.3, -0.25) is 4.57 Å². The van der Waals surface area contributed by atoms with Crippen molar-refractivity contribution in [3.63, 3.8) is 0 Å². The second kappa shape index (κ2) is 3.79. The maximum absolute atomic E-state index is 5.73. The van der Waals surface area contributed by atoms with Crippen LogP contribution in [0.25, 0.3) is 5.69 Å². The van der Waals surface area contributed by atoms with Crippen LogP contribution in [0.1, 0.15) is 5.56 Å². The highest BCUT2D eigenvalue weighted by atomic mass is 79.9. The first kappa shape index (κ1) is 10.4. The molecule has 1 aromatic heterocycles. The van der Waals surface area contributed by atoms with Gasteiger partial charge in [-0.15, -0.1) is 5.10 Å². The summed E-state index contributed by atoms with van der Waals surface area (Å²) in [5, 5.41) is 6.52. The Morgan fingerprint density at radius 3 is 2.87 bits per heavy atom. The predicted molar refractivity (Wildman–Crippen MR) is 65.6 cm³/mol. The van der Waals surface area contributed by atoms with Crippen molar-refractivity contribution in [1.29, 1.82) is 0 Å². The minimum Gasteiger partial charge on any atom is -0.368 e. The molecule has 3 N–H and O–H groups in total. The first-order chi connectivity index (χ1) is 7.09. The predicted octanol–water partition coefficient (Wildman–Crippen LogP) is 2.58. The summed E-state index contributed by atoms with van der Waals surface area (Å²) >= 11 is 8.56. The van der Waals surface area contributed by atoms with Gasteiger partial charge in [0.2, 0.25) is 10.7 Å². The molecule has 2 rings (SSSR count). The lowest BCUT2D eigenvalue weighted by molar-refractivity contribution is 1.03. The van der Waals surface area contributed by atoms with Crippen LogP contribution in [0.15, 0.2) is 22.7 Å². The molecule has 0 unspecified atom stereocenters. The average Bonchev–Trinajstić information content (AvgIpc) is 2.51. The third kappa shape index (κ3) is 1.82. The molecule has 78 valence electrons. The van der Waals surface area contributed by atoms with Crippen molar-refractivity contribution in [3.05, 3.63) is 33.0 Å². The van der Waals surface area contributed by atoms with Crippen molar-refractivity contribution < 1.29 is 0 Å². The normalized spacial score (nSPS) is 10.5. The number of aromatic nitrogens is 3. The Morgan fingerprint density at radius 2 is 2.27 bits per heavy atom. The Morgan fingerprint density at radius 1 is 1.53 bits per heavy atom. The van der Waals surface area contributed by atoms with E-state index in [9.17, 15) is 0 Å². The lowest BCUT2D eigenvalue weighted by atomic mass is 10.2. The molecular formula is C9H9BrN4S. The van der Waals surface area contributed by atoms with Crippen molar-refractivity contribution in [2.24, 2.45) is 0 Å². The second-order valence-corrected chi connectivity index (χ2v) is 4.42. The van der Waals surface area contributed by atoms with Gasteiger partial charge in [-0.05, 0) is 52.8 Å². The fourth-order valence-corrected chi connectivity index (χ4v) is 2.00. The molecule has 0 spiro atoms. The molecule has 4 nitrogen and oxygen atoms in total. The summed E-state index contributed by atoms with van der Waals surface area (Å²) in [6.45, 7) is 2.01. The smallest absolute Gasteiger partial charge is 0.225 e. The third-order valence-corrected chi connectivity index (χ3v) is 2.99. The van der Waals surface area contributed by atoms with Crippen LogP contribution in [-0.2, 0) is 0 Å². The van der Waals surface area contributed by atoms with E-state index in [1.165, 1.54) is 0 Å². The molecule has 15 heavy (non-hydrogen) atoms. The number of nitrogens with two attached hydrogens (primary N) is 1. The van der Waals surface area contributed by atoms with E-state index in [0.717, 1.165) is 15.7 Å². The molecule has 1 heterocycles. The first-order valence-corrected chi connectivity index (χ1v) is 5.49. The van der Waals surface area contributed by atoms with Crippen LogP contribution in [0, 0.1) is 11.7 Å². The Balaban J connectivity index is 2.74. The van der Waals surface area contributed by atoms with Crippen molar-refractivity contribution in [2.45, 2.75) is 6.92 Å². The van der Waals surface area contributed by atoms with Gasteiger partial charge in [-0.2, -0.15) is 0 Å². The van der Waals surface area contributed by atoms with E-state index in [1.807, 2.05) is 25.1 Å². The van der Waals surface area contributed by atoms with Gasteiger partial charge in [-0.1, -0.05) is 6.07 Å². The molecular weight excluding hydrogens is 276 g/mol. The van der Waals surface area contributed by atoms with Crippen molar-refractivity contribution in [2.75, 3.05) is 5.73 Å². The molecule has 0 saturated heterocycles. The van der Waals surface area contributed by atoms with E-state index < -0.39 is 0 Å². The minimum atomic E-state index is 0.353. The van der Waals surface area contributed by atoms with E-state index in [4.69, 9.17) is 18.0 Å². The lowest BCUT2D eigenvalue weighted by Gasteiger charge is -2.07. The van der Waals surface area contributed by atoms with Crippen LogP contribution in [0.3, 0.4) is 0 Å². The molecule has 0 radical (unpaired) electrons. The zero-order chi connectivity index (χ0) is 11.0. The summed E-state index contributed by atoms with van der Waals surface area (Å²) in [7, 11) is 0. The number of hydrogen-bond donors (Lipinski definition) is 2. The van der Waals surface area contributed by atoms with Gasteiger partial charge in [0.05, 0.1) is 5.69 Å². The van der Waals surface area contributed by atoms with Gasteiger partial charge in [0.1, 0.15) is 0 Å². The number of aromatic amines is 1. The maximum atomic E-state index is 5.73. The summed E-state index contributed by atoms with van der Waals surface area (Å²) in [5.41, 5.74) is 7.76. The van der Waals surface area contributed by atoms with Gasteiger partial charge in [-0.25, -0.2) is 5.10 Å². The Hall–Kier alpha value is -1.14. The number of benzene rings is 1. The minimum absolute atomic E-state index is 0.353. The van der Waals surface area contributed by atoms with Crippen LogP contribution in [0.4, 0.5) is 5.95 Å². The molecule has 6 heteroatoms. The number of halogens is 1. The topological polar surface area (TPSA) is 59.6 Å². The highest BCUT2D eigenvalue weighted by molar-refractivity contribution is 9.10. The number of H-pyrrole nitrogens is 1. The Bertz CT molecular complexity index is 557. The Labute approximate surface area is 100 Å². The van der Waals surface area contributed by atoms with E-state index >= 15 is 0 Å². The van der Waals surface area contributed by atoms with E-state index in [-0.39, 0.29) is 0 Å². The Kier molecular flexibility index (Phi) is 2.62. The van der Waals surface area contributed by atoms with Crippen LogP contribution < -0.4 is 5.73 Å². The number of aryl methyl sites for hydroxylation is 1. The SMILES string of the molecule is Cc1ccc(Br)c(-n2c(N)n[nH]c2=S)c1. The summed E-state index contributed by atoms with van der Waals surface area (Å²) in [6, 6.07) is 5.96. The summed E-state index contributed by atoms with van der Waals surface area (Å²) in [4.78, 5) is 0. The third-order valence-electron chi connectivity index (χ3n) is 2.04. The number of rotatable bonds is 1.